The van der Waals surface area contributed by atoms with Crippen molar-refractivity contribution in [2.24, 2.45) is 5.41 Å². The Kier molecular flexibility index (Phi) is 7.09. The molecule has 37 heavy (non-hydrogen) atoms. The van der Waals surface area contributed by atoms with Gasteiger partial charge in [0, 0.05) is 24.3 Å². The van der Waals surface area contributed by atoms with Gasteiger partial charge in [-0.2, -0.15) is 10.7 Å². The third-order valence-corrected chi connectivity index (χ3v) is 5.99. The first-order valence-corrected chi connectivity index (χ1v) is 12.0. The zero-order valence-electron chi connectivity index (χ0n) is 20.2. The third-order valence-electron chi connectivity index (χ3n) is 5.99. The van der Waals surface area contributed by atoms with E-state index in [9.17, 15) is 9.18 Å². The number of nitriles is 1. The largest absolute Gasteiger partial charge is 0.370 e. The summed E-state index contributed by atoms with van der Waals surface area (Å²) < 4.78 is 25.4. The van der Waals surface area contributed by atoms with Crippen molar-refractivity contribution in [3.63, 3.8) is 0 Å². The molecule has 2 aliphatic rings. The molecule has 1 aliphatic heterocycles. The molecule has 3 heterocycles. The molecule has 5 rings (SSSR count). The van der Waals surface area contributed by atoms with Crippen LogP contribution in [0.4, 0.5) is 10.3 Å². The number of rotatable bonds is 9. The van der Waals surface area contributed by atoms with Gasteiger partial charge in [-0.3, -0.25) is 0 Å². The lowest BCUT2D eigenvalue weighted by Gasteiger charge is -2.34. The van der Waals surface area contributed by atoms with Crippen molar-refractivity contribution >= 4 is 11.9 Å². The Bertz CT molecular complexity index is 1300. The Morgan fingerprint density at radius 2 is 2.00 bits per heavy atom. The lowest BCUT2D eigenvalue weighted by Crippen LogP contribution is -2.45. The molecule has 1 aliphatic carbocycles. The van der Waals surface area contributed by atoms with Crippen LogP contribution in [0.5, 0.6) is 0 Å². The summed E-state index contributed by atoms with van der Waals surface area (Å²) in [5.41, 5.74) is 4.05. The molecule has 0 spiro atoms. The van der Waals surface area contributed by atoms with Crippen molar-refractivity contribution in [3.05, 3.63) is 48.2 Å². The molecule has 2 fully saturated rings. The standard InChI is InChI=1S/C25H26FN7O4/c1-25(23(34)37-33-17-7-8-17)13-35-22(36-14-25)21-31-19(15-3-5-16(26)6-4-15)20(32-21)18-9-12-29-24(30-18)28-11-2-10-27/h3-6,9,12,17,22,33H,2,7-8,11,13-14H2,1H3,(H,31,32)(H,28,29,30). The van der Waals surface area contributed by atoms with Crippen molar-refractivity contribution in [2.45, 2.75) is 38.5 Å². The fourth-order valence-corrected chi connectivity index (χ4v) is 3.66. The number of anilines is 1. The number of benzene rings is 1. The smallest absolute Gasteiger partial charge is 0.335 e. The van der Waals surface area contributed by atoms with E-state index in [0.717, 1.165) is 12.8 Å². The van der Waals surface area contributed by atoms with Gasteiger partial charge in [-0.25, -0.2) is 24.1 Å². The van der Waals surface area contributed by atoms with Crippen LogP contribution in [0.2, 0.25) is 0 Å². The average Bonchev–Trinajstić information content (AvgIpc) is 3.64. The van der Waals surface area contributed by atoms with E-state index in [1.54, 1.807) is 31.3 Å². The second-order valence-electron chi connectivity index (χ2n) is 9.25. The van der Waals surface area contributed by atoms with Gasteiger partial charge in [0.1, 0.15) is 11.2 Å². The van der Waals surface area contributed by atoms with Gasteiger partial charge in [-0.05, 0) is 50.1 Å². The predicted octanol–water partition coefficient (Wildman–Crippen LogP) is 3.26. The van der Waals surface area contributed by atoms with Crippen molar-refractivity contribution in [1.82, 2.24) is 25.4 Å². The third kappa shape index (κ3) is 5.75. The summed E-state index contributed by atoms with van der Waals surface area (Å²) in [6, 6.07) is 9.93. The van der Waals surface area contributed by atoms with Gasteiger partial charge in [-0.15, -0.1) is 0 Å². The highest BCUT2D eigenvalue weighted by Gasteiger charge is 2.43. The number of carbonyl (C=O) groups is 1. The second kappa shape index (κ2) is 10.6. The highest BCUT2D eigenvalue weighted by atomic mass is 19.1. The van der Waals surface area contributed by atoms with E-state index in [4.69, 9.17) is 24.6 Å². The minimum absolute atomic E-state index is 0.0746. The topological polar surface area (TPSA) is 147 Å². The fourth-order valence-electron chi connectivity index (χ4n) is 3.66. The Morgan fingerprint density at radius 1 is 1.24 bits per heavy atom. The van der Waals surface area contributed by atoms with Crippen LogP contribution in [-0.2, 0) is 19.1 Å². The van der Waals surface area contributed by atoms with Crippen molar-refractivity contribution in [1.29, 1.82) is 5.26 Å². The van der Waals surface area contributed by atoms with Gasteiger partial charge in [0.15, 0.2) is 5.82 Å². The molecule has 3 N–H and O–H groups in total. The van der Waals surface area contributed by atoms with Gasteiger partial charge in [-0.1, -0.05) is 0 Å². The zero-order valence-corrected chi connectivity index (χ0v) is 20.2. The highest BCUT2D eigenvalue weighted by Crippen LogP contribution is 2.36. The summed E-state index contributed by atoms with van der Waals surface area (Å²) in [5, 5.41) is 11.8. The van der Waals surface area contributed by atoms with E-state index < -0.39 is 17.7 Å². The number of aromatic amines is 1. The zero-order chi connectivity index (χ0) is 25.8. The van der Waals surface area contributed by atoms with Gasteiger partial charge < -0.3 is 24.6 Å². The van der Waals surface area contributed by atoms with Crippen molar-refractivity contribution in [3.8, 4) is 28.7 Å². The number of carbonyl (C=O) groups excluding carboxylic acids is 1. The monoisotopic (exact) mass is 507 g/mol. The number of nitrogens with zero attached hydrogens (tertiary/aromatic N) is 4. The average molecular weight is 508 g/mol. The maximum Gasteiger partial charge on any atom is 0.335 e. The molecule has 0 radical (unpaired) electrons. The SMILES string of the molecule is CC1(C(=O)ONC2CC2)COC(c2nc(-c3ccc(F)cc3)c(-c3ccnc(NCCC#N)n3)[nH]2)OC1. The van der Waals surface area contributed by atoms with E-state index in [-0.39, 0.29) is 25.1 Å². The van der Waals surface area contributed by atoms with Crippen molar-refractivity contribution < 1.29 is 23.5 Å². The Labute approximate surface area is 212 Å². The lowest BCUT2D eigenvalue weighted by molar-refractivity contribution is -0.241. The number of ether oxygens (including phenoxy) is 2. The summed E-state index contributed by atoms with van der Waals surface area (Å²) in [4.78, 5) is 34.4. The molecule has 0 bridgehead atoms. The Balaban J connectivity index is 1.38. The van der Waals surface area contributed by atoms with E-state index >= 15 is 0 Å². The molecule has 192 valence electrons. The molecule has 1 aromatic carbocycles. The summed E-state index contributed by atoms with van der Waals surface area (Å²) >= 11 is 0. The molecule has 12 heteroatoms. The van der Waals surface area contributed by atoms with Crippen LogP contribution in [-0.4, -0.2) is 51.7 Å². The minimum atomic E-state index is -0.968. The van der Waals surface area contributed by atoms with E-state index in [0.29, 0.717) is 47.4 Å². The quantitative estimate of drug-likeness (QED) is 0.291. The number of imidazole rings is 1. The number of aromatic nitrogens is 4. The van der Waals surface area contributed by atoms with E-state index in [1.807, 2.05) is 0 Å². The Hall–Kier alpha value is -3.92. The number of hydroxylamine groups is 1. The Morgan fingerprint density at radius 3 is 2.70 bits per heavy atom. The predicted molar refractivity (Wildman–Crippen MR) is 129 cm³/mol. The molecule has 0 unspecified atom stereocenters. The highest BCUT2D eigenvalue weighted by molar-refractivity contribution is 5.77. The van der Waals surface area contributed by atoms with Crippen LogP contribution in [0.1, 0.15) is 38.3 Å². The maximum atomic E-state index is 13.6. The summed E-state index contributed by atoms with van der Waals surface area (Å²) in [6.07, 6.45) is 3.01. The minimum Gasteiger partial charge on any atom is -0.370 e. The first-order chi connectivity index (χ1) is 17.9. The van der Waals surface area contributed by atoms with Crippen LogP contribution in [0.15, 0.2) is 36.5 Å². The van der Waals surface area contributed by atoms with Crippen molar-refractivity contribution in [2.75, 3.05) is 25.1 Å². The van der Waals surface area contributed by atoms with Gasteiger partial charge in [0.05, 0.1) is 42.8 Å². The number of halogens is 1. The van der Waals surface area contributed by atoms with Crippen LogP contribution in [0.25, 0.3) is 22.6 Å². The number of hydrogen-bond acceptors (Lipinski definition) is 10. The van der Waals surface area contributed by atoms with Crippen LogP contribution >= 0.6 is 0 Å². The summed E-state index contributed by atoms with van der Waals surface area (Å²) in [6.45, 7) is 2.27. The molecule has 1 saturated heterocycles. The summed E-state index contributed by atoms with van der Waals surface area (Å²) in [7, 11) is 0. The molecule has 0 atom stereocenters. The molecule has 1 saturated carbocycles. The molecule has 0 amide bonds. The molecule has 2 aromatic heterocycles. The number of H-pyrrole nitrogens is 1. The molecule has 3 aromatic rings. The van der Waals surface area contributed by atoms with E-state index in [2.05, 4.69) is 31.8 Å². The van der Waals surface area contributed by atoms with Gasteiger partial charge >= 0.3 is 5.97 Å². The normalized spacial score (nSPS) is 21.3. The summed E-state index contributed by atoms with van der Waals surface area (Å²) in [5.74, 6) is -0.0811. The lowest BCUT2D eigenvalue weighted by atomic mass is 9.92. The number of hydrogen-bond donors (Lipinski definition) is 3. The fraction of sp³-hybridized carbons (Fsp3) is 0.400. The number of nitrogens with one attached hydrogen (secondary N) is 3. The molecular formula is C25H26FN7O4. The van der Waals surface area contributed by atoms with E-state index in [1.165, 1.54) is 12.1 Å². The molecule has 11 nitrogen and oxygen atoms in total. The second-order valence-corrected chi connectivity index (χ2v) is 9.25. The maximum absolute atomic E-state index is 13.6. The van der Waals surface area contributed by atoms with Gasteiger partial charge in [0.2, 0.25) is 12.2 Å². The van der Waals surface area contributed by atoms with Crippen LogP contribution < -0.4 is 10.8 Å². The van der Waals surface area contributed by atoms with Crippen LogP contribution in [0, 0.1) is 22.6 Å². The first-order valence-electron chi connectivity index (χ1n) is 12.0. The van der Waals surface area contributed by atoms with Crippen LogP contribution in [0.3, 0.4) is 0 Å². The van der Waals surface area contributed by atoms with Gasteiger partial charge in [0.25, 0.3) is 0 Å². The first kappa shape index (κ1) is 24.8. The molecular weight excluding hydrogens is 481 g/mol.